The molecule has 0 aromatic heterocycles. The van der Waals surface area contributed by atoms with E-state index >= 15 is 0 Å². The van der Waals surface area contributed by atoms with Gasteiger partial charge in [0, 0.05) is 31.8 Å². The van der Waals surface area contributed by atoms with Crippen molar-refractivity contribution in [1.29, 1.82) is 0 Å². The van der Waals surface area contributed by atoms with Gasteiger partial charge < -0.3 is 20.1 Å². The lowest BCUT2D eigenvalue weighted by molar-refractivity contribution is 0.122. The Morgan fingerprint density at radius 1 is 1.33 bits per heavy atom. The first kappa shape index (κ1) is 16.2. The van der Waals surface area contributed by atoms with E-state index in [1.54, 1.807) is 6.07 Å². The van der Waals surface area contributed by atoms with Crippen LogP contribution in [0.2, 0.25) is 0 Å². The summed E-state index contributed by atoms with van der Waals surface area (Å²) < 4.78 is 19.6. The van der Waals surface area contributed by atoms with Gasteiger partial charge in [0.15, 0.2) is 0 Å². The number of nitrogens with zero attached hydrogens (tertiary/aromatic N) is 1. The fourth-order valence-electron chi connectivity index (χ4n) is 2.65. The van der Waals surface area contributed by atoms with Gasteiger partial charge in [0.1, 0.15) is 5.82 Å². The zero-order valence-corrected chi connectivity index (χ0v) is 12.8. The Balaban J connectivity index is 2.03. The smallest absolute Gasteiger partial charge is 0.146 e. The molecule has 0 spiro atoms. The minimum absolute atomic E-state index is 0.0554. The van der Waals surface area contributed by atoms with E-state index in [2.05, 4.69) is 5.32 Å². The highest BCUT2D eigenvalue weighted by Crippen LogP contribution is 2.24. The van der Waals surface area contributed by atoms with E-state index < -0.39 is 0 Å². The molecule has 0 bridgehead atoms. The van der Waals surface area contributed by atoms with E-state index in [1.165, 1.54) is 0 Å². The molecule has 118 valence electrons. The molecule has 1 fully saturated rings. The van der Waals surface area contributed by atoms with Crippen molar-refractivity contribution in [1.82, 2.24) is 5.32 Å². The van der Waals surface area contributed by atoms with Crippen molar-refractivity contribution in [3.05, 3.63) is 29.6 Å². The van der Waals surface area contributed by atoms with Gasteiger partial charge in [-0.25, -0.2) is 4.39 Å². The predicted molar refractivity (Wildman–Crippen MR) is 82.1 cm³/mol. The molecule has 0 radical (unpaired) electrons. The van der Waals surface area contributed by atoms with Gasteiger partial charge in [-0.1, -0.05) is 6.07 Å². The first-order valence-electron chi connectivity index (χ1n) is 7.61. The van der Waals surface area contributed by atoms with E-state index in [9.17, 15) is 4.39 Å². The van der Waals surface area contributed by atoms with Crippen LogP contribution in [0.25, 0.3) is 0 Å². The maximum absolute atomic E-state index is 14.3. The zero-order chi connectivity index (χ0) is 15.2. The molecule has 1 aliphatic rings. The van der Waals surface area contributed by atoms with Crippen LogP contribution < -0.4 is 10.2 Å². The van der Waals surface area contributed by atoms with Crippen LogP contribution in [0.4, 0.5) is 10.1 Å². The highest BCUT2D eigenvalue weighted by molar-refractivity contribution is 5.49. The van der Waals surface area contributed by atoms with Gasteiger partial charge in [-0.15, -0.1) is 0 Å². The van der Waals surface area contributed by atoms with Crippen LogP contribution in [0.1, 0.15) is 31.9 Å². The Morgan fingerprint density at radius 2 is 2.05 bits per heavy atom. The number of benzene rings is 1. The van der Waals surface area contributed by atoms with Crippen LogP contribution in [-0.2, 0) is 4.74 Å². The SMILES string of the molecule is CC(N[C@H](C)CCO)c1ccc(N2CCOCC2)c(F)c1. The number of rotatable bonds is 6. The molecule has 1 unspecified atom stereocenters. The van der Waals surface area contributed by atoms with E-state index in [1.807, 2.05) is 30.9 Å². The number of ether oxygens (including phenoxy) is 1. The van der Waals surface area contributed by atoms with Crippen molar-refractivity contribution in [2.24, 2.45) is 0 Å². The fraction of sp³-hybridized carbons (Fsp3) is 0.625. The second kappa shape index (κ2) is 7.73. The molecule has 2 rings (SSSR count). The van der Waals surface area contributed by atoms with Crippen LogP contribution >= 0.6 is 0 Å². The van der Waals surface area contributed by atoms with Gasteiger partial charge in [-0.3, -0.25) is 0 Å². The highest BCUT2D eigenvalue weighted by Gasteiger charge is 2.17. The topological polar surface area (TPSA) is 44.7 Å². The third-order valence-electron chi connectivity index (χ3n) is 3.92. The molecule has 2 atom stereocenters. The van der Waals surface area contributed by atoms with E-state index in [0.29, 0.717) is 25.3 Å². The largest absolute Gasteiger partial charge is 0.396 e. The average molecular weight is 296 g/mol. The summed E-state index contributed by atoms with van der Waals surface area (Å²) in [5, 5.41) is 12.3. The molecule has 2 N–H and O–H groups in total. The summed E-state index contributed by atoms with van der Waals surface area (Å²) >= 11 is 0. The number of aliphatic hydroxyl groups is 1. The van der Waals surface area contributed by atoms with Crippen molar-refractivity contribution in [2.75, 3.05) is 37.8 Å². The van der Waals surface area contributed by atoms with Crippen LogP contribution in [-0.4, -0.2) is 44.1 Å². The summed E-state index contributed by atoms with van der Waals surface area (Å²) in [6.45, 7) is 6.96. The lowest BCUT2D eigenvalue weighted by Crippen LogP contribution is -2.36. The van der Waals surface area contributed by atoms with Gasteiger partial charge >= 0.3 is 0 Å². The van der Waals surface area contributed by atoms with Crippen molar-refractivity contribution >= 4 is 5.69 Å². The monoisotopic (exact) mass is 296 g/mol. The second-order valence-electron chi connectivity index (χ2n) is 5.61. The lowest BCUT2D eigenvalue weighted by Gasteiger charge is -2.29. The fourth-order valence-corrected chi connectivity index (χ4v) is 2.65. The minimum atomic E-state index is -0.183. The summed E-state index contributed by atoms with van der Waals surface area (Å²) in [5.41, 5.74) is 1.58. The first-order chi connectivity index (χ1) is 10.1. The molecule has 1 aliphatic heterocycles. The van der Waals surface area contributed by atoms with Crippen LogP contribution in [0, 0.1) is 5.82 Å². The standard InChI is InChI=1S/C16H25FN2O2/c1-12(5-8-20)18-13(2)14-3-4-16(15(17)11-14)19-6-9-21-10-7-19/h3-4,11-13,18,20H,5-10H2,1-2H3/t12-,13?/m1/s1. The number of hydrogen-bond acceptors (Lipinski definition) is 4. The van der Waals surface area contributed by atoms with Crippen LogP contribution in [0.3, 0.4) is 0 Å². The molecule has 1 aromatic carbocycles. The number of aliphatic hydroxyl groups excluding tert-OH is 1. The van der Waals surface area contributed by atoms with Gasteiger partial charge in [-0.05, 0) is 38.0 Å². The van der Waals surface area contributed by atoms with Crippen LogP contribution in [0.5, 0.6) is 0 Å². The molecule has 1 aromatic rings. The zero-order valence-electron chi connectivity index (χ0n) is 12.8. The van der Waals surface area contributed by atoms with Crippen LogP contribution in [0.15, 0.2) is 18.2 Å². The minimum Gasteiger partial charge on any atom is -0.396 e. The maximum Gasteiger partial charge on any atom is 0.146 e. The quantitative estimate of drug-likeness (QED) is 0.844. The average Bonchev–Trinajstić information content (AvgIpc) is 2.48. The van der Waals surface area contributed by atoms with Crippen molar-refractivity contribution < 1.29 is 14.2 Å². The molecule has 0 aliphatic carbocycles. The molecule has 0 amide bonds. The number of morpholine rings is 1. The molecular weight excluding hydrogens is 271 g/mol. The van der Waals surface area contributed by atoms with Crippen molar-refractivity contribution in [3.63, 3.8) is 0 Å². The lowest BCUT2D eigenvalue weighted by atomic mass is 10.1. The van der Waals surface area contributed by atoms with Gasteiger partial charge in [0.25, 0.3) is 0 Å². The number of hydrogen-bond donors (Lipinski definition) is 2. The Bertz CT molecular complexity index is 450. The Kier molecular flexibility index (Phi) is 5.96. The van der Waals surface area contributed by atoms with Crippen molar-refractivity contribution in [3.8, 4) is 0 Å². The molecule has 1 saturated heterocycles. The first-order valence-corrected chi connectivity index (χ1v) is 7.61. The Labute approximate surface area is 125 Å². The number of halogens is 1. The maximum atomic E-state index is 14.3. The molecule has 0 saturated carbocycles. The number of anilines is 1. The number of nitrogens with one attached hydrogen (secondary N) is 1. The molecular formula is C16H25FN2O2. The Morgan fingerprint density at radius 3 is 2.67 bits per heavy atom. The second-order valence-corrected chi connectivity index (χ2v) is 5.61. The summed E-state index contributed by atoms with van der Waals surface area (Å²) in [5.74, 6) is -0.183. The van der Waals surface area contributed by atoms with Gasteiger partial charge in [-0.2, -0.15) is 0 Å². The molecule has 21 heavy (non-hydrogen) atoms. The van der Waals surface area contributed by atoms with Gasteiger partial charge in [0.05, 0.1) is 18.9 Å². The summed E-state index contributed by atoms with van der Waals surface area (Å²) in [6.07, 6.45) is 0.693. The summed E-state index contributed by atoms with van der Waals surface area (Å²) in [7, 11) is 0. The summed E-state index contributed by atoms with van der Waals surface area (Å²) in [4.78, 5) is 2.02. The normalized spacial score (nSPS) is 18.6. The highest BCUT2D eigenvalue weighted by atomic mass is 19.1. The summed E-state index contributed by atoms with van der Waals surface area (Å²) in [6, 6.07) is 5.68. The molecule has 4 nitrogen and oxygen atoms in total. The molecule has 5 heteroatoms. The van der Waals surface area contributed by atoms with E-state index in [4.69, 9.17) is 9.84 Å². The predicted octanol–water partition coefficient (Wildman–Crippen LogP) is 2.08. The third kappa shape index (κ3) is 4.40. The third-order valence-corrected chi connectivity index (χ3v) is 3.92. The van der Waals surface area contributed by atoms with Gasteiger partial charge in [0.2, 0.25) is 0 Å². The van der Waals surface area contributed by atoms with Crippen molar-refractivity contribution in [2.45, 2.75) is 32.4 Å². The molecule has 1 heterocycles. The van der Waals surface area contributed by atoms with E-state index in [-0.39, 0.29) is 24.5 Å². The Hall–Kier alpha value is -1.17. The van der Waals surface area contributed by atoms with E-state index in [0.717, 1.165) is 18.7 Å².